The van der Waals surface area contributed by atoms with Gasteiger partial charge in [-0.15, -0.1) is 0 Å². The molecule has 1 saturated heterocycles. The molecule has 11 nitrogen and oxygen atoms in total. The molecule has 0 radical (unpaired) electrons. The molecule has 1 aliphatic heterocycles. The van der Waals surface area contributed by atoms with Crippen molar-refractivity contribution in [2.75, 3.05) is 6.61 Å². The van der Waals surface area contributed by atoms with Crippen molar-refractivity contribution in [2.24, 2.45) is 0 Å². The molecular formula is C9H23FO11P3-3. The summed E-state index contributed by atoms with van der Waals surface area (Å²) < 4.78 is 48.3. The lowest BCUT2D eigenvalue weighted by Crippen LogP contribution is -2.20. The summed E-state index contributed by atoms with van der Waals surface area (Å²) in [4.78, 5) is 40.4. The highest BCUT2D eigenvalue weighted by Crippen LogP contribution is 2.61. The average Bonchev–Trinajstić information content (AvgIpc) is 2.70. The van der Waals surface area contributed by atoms with Gasteiger partial charge in [-0.05, 0) is 19.8 Å². The monoisotopic (exact) mass is 419 g/mol. The fourth-order valence-electron chi connectivity index (χ4n) is 1.47. The summed E-state index contributed by atoms with van der Waals surface area (Å²) >= 11 is 0. The Balaban J connectivity index is -0.00000106. The molecule has 0 aromatic rings. The quantitative estimate of drug-likeness (QED) is 0.578. The maximum atomic E-state index is 11.2. The van der Waals surface area contributed by atoms with Gasteiger partial charge in [-0.1, -0.05) is 21.3 Å². The predicted octanol–water partition coefficient (Wildman–Crippen LogP) is 0.816. The molecule has 150 valence electrons. The molecule has 0 bridgehead atoms. The van der Waals surface area contributed by atoms with Crippen LogP contribution in [-0.2, 0) is 31.6 Å². The van der Waals surface area contributed by atoms with Gasteiger partial charge in [0, 0.05) is 0 Å². The summed E-state index contributed by atoms with van der Waals surface area (Å²) in [6, 6.07) is 0. The third kappa shape index (κ3) is 13.6. The van der Waals surface area contributed by atoms with Crippen LogP contribution in [0.5, 0.6) is 0 Å². The Hall–Kier alpha value is 0.300. The van der Waals surface area contributed by atoms with E-state index in [0.29, 0.717) is 12.8 Å². The summed E-state index contributed by atoms with van der Waals surface area (Å²) in [7, 11) is -16.9. The fourth-order valence-corrected chi connectivity index (χ4v) is 4.39. The van der Waals surface area contributed by atoms with Crippen molar-refractivity contribution < 1.29 is 55.9 Å². The van der Waals surface area contributed by atoms with Crippen molar-refractivity contribution in [2.45, 2.75) is 53.2 Å². The largest absolute Gasteiger partial charge is 0.756 e. The van der Waals surface area contributed by atoms with Crippen LogP contribution in [0.1, 0.15) is 41.0 Å². The molecule has 0 aliphatic carbocycles. The van der Waals surface area contributed by atoms with Gasteiger partial charge in [0.25, 0.3) is 23.5 Å². The van der Waals surface area contributed by atoms with Crippen LogP contribution in [0.3, 0.4) is 0 Å². The molecule has 1 N–H and O–H groups in total. The first kappa shape index (κ1) is 29.1. The average molecular weight is 419 g/mol. The van der Waals surface area contributed by atoms with E-state index in [0.717, 1.165) is 0 Å². The minimum absolute atomic E-state index is 0. The van der Waals surface area contributed by atoms with Crippen LogP contribution in [0.25, 0.3) is 0 Å². The van der Waals surface area contributed by atoms with Crippen molar-refractivity contribution in [3.05, 3.63) is 0 Å². The SMILES string of the molecule is C.CC.C[C@H]1CC[C@@H](COP(=O)([O-])OP(=O)([O-])OP(=O)([O-])O)O1.F. The van der Waals surface area contributed by atoms with Crippen LogP contribution in [0, 0.1) is 0 Å². The van der Waals surface area contributed by atoms with Crippen molar-refractivity contribution in [3.8, 4) is 0 Å². The smallest absolute Gasteiger partial charge is 0.280 e. The van der Waals surface area contributed by atoms with Crippen LogP contribution >= 0.6 is 23.5 Å². The Bertz CT molecular complexity index is 481. The highest BCUT2D eigenvalue weighted by atomic mass is 31.3. The summed E-state index contributed by atoms with van der Waals surface area (Å²) in [5.41, 5.74) is 0. The molecular weight excluding hydrogens is 396 g/mol. The lowest BCUT2D eigenvalue weighted by Gasteiger charge is -2.32. The number of hydrogen-bond donors (Lipinski definition) is 1. The molecule has 0 spiro atoms. The van der Waals surface area contributed by atoms with Crippen molar-refractivity contribution in [3.63, 3.8) is 0 Å². The van der Waals surface area contributed by atoms with Crippen molar-refractivity contribution in [1.29, 1.82) is 0 Å². The Morgan fingerprint density at radius 1 is 1.08 bits per heavy atom. The predicted molar refractivity (Wildman–Crippen MR) is 77.3 cm³/mol. The number of phosphoric acid groups is 3. The van der Waals surface area contributed by atoms with Gasteiger partial charge in [-0.25, -0.2) is 8.62 Å². The van der Waals surface area contributed by atoms with E-state index in [-0.39, 0.29) is 18.2 Å². The number of hydrogen-bond acceptors (Lipinski definition) is 10. The summed E-state index contributed by atoms with van der Waals surface area (Å²) in [5, 5.41) is 0. The Morgan fingerprint density at radius 3 is 1.96 bits per heavy atom. The Morgan fingerprint density at radius 2 is 1.58 bits per heavy atom. The fraction of sp³-hybridized carbons (Fsp3) is 1.00. The van der Waals surface area contributed by atoms with E-state index in [1.54, 1.807) is 6.92 Å². The third-order valence-electron chi connectivity index (χ3n) is 2.14. The molecule has 1 fully saturated rings. The minimum Gasteiger partial charge on any atom is -0.756 e. The molecule has 1 rings (SSSR count). The second-order valence-electron chi connectivity index (χ2n) is 3.97. The molecule has 1 aliphatic rings. The normalized spacial score (nSPS) is 27.1. The van der Waals surface area contributed by atoms with E-state index < -0.39 is 36.2 Å². The van der Waals surface area contributed by atoms with Crippen LogP contribution in [0.4, 0.5) is 4.70 Å². The number of ether oxygens (including phenoxy) is 1. The van der Waals surface area contributed by atoms with E-state index in [1.807, 2.05) is 13.8 Å². The minimum atomic E-state index is -5.83. The second kappa shape index (κ2) is 11.8. The lowest BCUT2D eigenvalue weighted by atomic mass is 10.2. The maximum Gasteiger partial charge on any atom is 0.280 e. The number of phosphoric ester groups is 1. The molecule has 3 unspecified atom stereocenters. The lowest BCUT2D eigenvalue weighted by molar-refractivity contribution is -0.250. The van der Waals surface area contributed by atoms with Gasteiger partial charge in [0.1, 0.15) is 0 Å². The van der Waals surface area contributed by atoms with Gasteiger partial charge in [-0.2, -0.15) is 0 Å². The van der Waals surface area contributed by atoms with E-state index in [4.69, 9.17) is 9.63 Å². The Kier molecular flexibility index (Phi) is 14.3. The molecule has 15 heteroatoms. The zero-order valence-corrected chi connectivity index (χ0v) is 15.2. The van der Waals surface area contributed by atoms with Gasteiger partial charge < -0.3 is 28.8 Å². The standard InChI is InChI=1S/C6H15O11P3.C2H6.CH4.FH/c1-5-2-3-6(15-5)4-14-19(10,11)17-20(12,13)16-18(7,8)9;1-2;;/h5-6H,2-4H2,1H3,(H,10,11)(H,12,13)(H2,7,8,9);1-2H3;1H4;1H/p-3/t5-,6-;;;/m0.../s1. The number of halogens is 1. The second-order valence-corrected chi connectivity index (χ2v) is 8.26. The summed E-state index contributed by atoms with van der Waals surface area (Å²) in [6.07, 6.45) is 0.570. The highest BCUT2D eigenvalue weighted by Gasteiger charge is 2.27. The van der Waals surface area contributed by atoms with Gasteiger partial charge in [-0.3, -0.25) is 18.4 Å². The first-order chi connectivity index (χ1) is 9.89. The molecule has 24 heavy (non-hydrogen) atoms. The van der Waals surface area contributed by atoms with Crippen LogP contribution in [-0.4, -0.2) is 23.7 Å². The van der Waals surface area contributed by atoms with E-state index in [2.05, 4.69) is 13.1 Å². The van der Waals surface area contributed by atoms with E-state index in [9.17, 15) is 28.4 Å². The van der Waals surface area contributed by atoms with Crippen LogP contribution in [0.2, 0.25) is 0 Å². The summed E-state index contributed by atoms with van der Waals surface area (Å²) in [5.74, 6) is 0. The van der Waals surface area contributed by atoms with E-state index in [1.165, 1.54) is 0 Å². The van der Waals surface area contributed by atoms with Gasteiger partial charge >= 0.3 is 0 Å². The van der Waals surface area contributed by atoms with Gasteiger partial charge in [0.15, 0.2) is 0 Å². The molecule has 1 heterocycles. The van der Waals surface area contributed by atoms with Crippen molar-refractivity contribution >= 4 is 23.5 Å². The molecule has 5 atom stereocenters. The van der Waals surface area contributed by atoms with E-state index >= 15 is 0 Å². The zero-order chi connectivity index (χ0) is 17.6. The van der Waals surface area contributed by atoms with Gasteiger partial charge in [0.05, 0.1) is 18.8 Å². The van der Waals surface area contributed by atoms with Crippen LogP contribution < -0.4 is 14.7 Å². The van der Waals surface area contributed by atoms with Gasteiger partial charge in [0.2, 0.25) is 0 Å². The molecule has 0 saturated carbocycles. The molecule has 0 aromatic carbocycles. The highest BCUT2D eigenvalue weighted by molar-refractivity contribution is 7.65. The maximum absolute atomic E-state index is 11.2. The van der Waals surface area contributed by atoms with Crippen molar-refractivity contribution in [1.82, 2.24) is 0 Å². The third-order valence-corrected chi connectivity index (χ3v) is 5.83. The molecule has 0 aromatic heterocycles. The van der Waals surface area contributed by atoms with Crippen LogP contribution in [0.15, 0.2) is 0 Å². The molecule has 0 amide bonds. The summed E-state index contributed by atoms with van der Waals surface area (Å²) in [6.45, 7) is 5.28. The Labute approximate surface area is 140 Å². The zero-order valence-electron chi connectivity index (χ0n) is 12.6. The first-order valence-electron chi connectivity index (χ1n) is 6.27. The first-order valence-corrected chi connectivity index (χ1v) is 10.7. The topological polar surface area (TPSA) is 178 Å². The number of rotatable bonds is 7.